The number of nitrogens with one attached hydrogen (secondary N) is 1. The van der Waals surface area contributed by atoms with Gasteiger partial charge < -0.3 is 5.32 Å². The lowest BCUT2D eigenvalue weighted by Crippen LogP contribution is -2.25. The molecule has 0 fully saturated rings. The molecular formula is C22H39NO2. The summed E-state index contributed by atoms with van der Waals surface area (Å²) in [6.45, 7) is 7.06. The third-order valence-electron chi connectivity index (χ3n) is 4.06. The molecular weight excluding hydrogens is 310 g/mol. The number of allylic oxidation sites excluding steroid dienone is 3. The van der Waals surface area contributed by atoms with E-state index in [9.17, 15) is 9.59 Å². The lowest BCUT2D eigenvalue weighted by atomic mass is 10.0. The Labute approximate surface area is 155 Å². The van der Waals surface area contributed by atoms with Crippen molar-refractivity contribution in [3.8, 4) is 0 Å². The summed E-state index contributed by atoms with van der Waals surface area (Å²) < 4.78 is 0. The van der Waals surface area contributed by atoms with Crippen LogP contribution in [0.5, 0.6) is 0 Å². The van der Waals surface area contributed by atoms with Crippen LogP contribution in [-0.4, -0.2) is 18.2 Å². The summed E-state index contributed by atoms with van der Waals surface area (Å²) in [4.78, 5) is 23.1. The molecule has 0 spiro atoms. The standard InChI is InChI=1S/C22H39NO2/c1-4-5-6-13-16-21(24)17-14-11-9-7-8-10-12-15-18-22(25)23-19-20(2)3/h10,12,15,18,20H,4-9,11,13-14,16-17,19H2,1-3H3,(H,23,25). The van der Waals surface area contributed by atoms with Crippen molar-refractivity contribution in [2.45, 2.75) is 91.4 Å². The number of Topliss-reactive ketones (excluding diaryl/α,β-unsaturated/α-hetero) is 1. The summed E-state index contributed by atoms with van der Waals surface area (Å²) in [6, 6.07) is 0. The zero-order chi connectivity index (χ0) is 18.8. The van der Waals surface area contributed by atoms with Gasteiger partial charge in [0.05, 0.1) is 0 Å². The minimum atomic E-state index is -0.0299. The van der Waals surface area contributed by atoms with Crippen LogP contribution in [0.4, 0.5) is 0 Å². The van der Waals surface area contributed by atoms with Crippen molar-refractivity contribution in [2.75, 3.05) is 6.54 Å². The van der Waals surface area contributed by atoms with Crippen LogP contribution in [0.2, 0.25) is 0 Å². The number of amides is 1. The molecule has 0 aliphatic heterocycles. The zero-order valence-corrected chi connectivity index (χ0v) is 16.7. The summed E-state index contributed by atoms with van der Waals surface area (Å²) in [5, 5.41) is 2.85. The molecule has 144 valence electrons. The number of carbonyl (C=O) groups is 2. The predicted molar refractivity (Wildman–Crippen MR) is 108 cm³/mol. The number of ketones is 1. The molecule has 0 aromatic rings. The van der Waals surface area contributed by atoms with Crippen LogP contribution in [0.1, 0.15) is 91.4 Å². The first-order valence-corrected chi connectivity index (χ1v) is 10.2. The van der Waals surface area contributed by atoms with Crippen molar-refractivity contribution in [3.63, 3.8) is 0 Å². The largest absolute Gasteiger partial charge is 0.352 e. The van der Waals surface area contributed by atoms with E-state index in [0.29, 0.717) is 18.2 Å². The van der Waals surface area contributed by atoms with Crippen LogP contribution in [-0.2, 0) is 9.59 Å². The van der Waals surface area contributed by atoms with Crippen molar-refractivity contribution in [1.29, 1.82) is 0 Å². The van der Waals surface area contributed by atoms with E-state index in [4.69, 9.17) is 0 Å². The van der Waals surface area contributed by atoms with Gasteiger partial charge in [0.2, 0.25) is 5.91 Å². The fourth-order valence-electron chi connectivity index (χ4n) is 2.49. The average Bonchev–Trinajstić information content (AvgIpc) is 2.58. The summed E-state index contributed by atoms with van der Waals surface area (Å²) in [5.74, 6) is 0.888. The summed E-state index contributed by atoms with van der Waals surface area (Å²) >= 11 is 0. The van der Waals surface area contributed by atoms with Gasteiger partial charge in [0.25, 0.3) is 0 Å². The summed E-state index contributed by atoms with van der Waals surface area (Å²) in [7, 11) is 0. The molecule has 1 amide bonds. The highest BCUT2D eigenvalue weighted by molar-refractivity contribution is 5.87. The fourth-order valence-corrected chi connectivity index (χ4v) is 2.49. The molecule has 0 aromatic heterocycles. The molecule has 0 rings (SSSR count). The lowest BCUT2D eigenvalue weighted by Gasteiger charge is -2.03. The normalized spacial score (nSPS) is 11.7. The van der Waals surface area contributed by atoms with Gasteiger partial charge >= 0.3 is 0 Å². The SMILES string of the molecule is CCCCCCC(=O)CCCCCCC=CC=CC(=O)NCC(C)C. The molecule has 0 saturated heterocycles. The van der Waals surface area contributed by atoms with Crippen molar-refractivity contribution < 1.29 is 9.59 Å². The Morgan fingerprint density at radius 1 is 0.880 bits per heavy atom. The molecule has 25 heavy (non-hydrogen) atoms. The minimum Gasteiger partial charge on any atom is -0.352 e. The Hall–Kier alpha value is -1.38. The molecule has 0 aliphatic carbocycles. The monoisotopic (exact) mass is 349 g/mol. The van der Waals surface area contributed by atoms with Crippen LogP contribution in [0.15, 0.2) is 24.3 Å². The van der Waals surface area contributed by atoms with Gasteiger partial charge in [0.1, 0.15) is 5.78 Å². The maximum Gasteiger partial charge on any atom is 0.243 e. The molecule has 0 aromatic carbocycles. The first-order chi connectivity index (χ1) is 12.1. The molecule has 0 unspecified atom stereocenters. The second kappa shape index (κ2) is 17.4. The molecule has 1 N–H and O–H groups in total. The first-order valence-electron chi connectivity index (χ1n) is 10.2. The van der Waals surface area contributed by atoms with Crippen LogP contribution >= 0.6 is 0 Å². The van der Waals surface area contributed by atoms with E-state index >= 15 is 0 Å². The second-order valence-electron chi connectivity index (χ2n) is 7.23. The highest BCUT2D eigenvalue weighted by atomic mass is 16.1. The van der Waals surface area contributed by atoms with Gasteiger partial charge in [-0.05, 0) is 31.6 Å². The third-order valence-corrected chi connectivity index (χ3v) is 4.06. The molecule has 0 atom stereocenters. The van der Waals surface area contributed by atoms with E-state index in [1.54, 1.807) is 12.2 Å². The molecule has 0 radical (unpaired) electrons. The van der Waals surface area contributed by atoms with Crippen molar-refractivity contribution >= 4 is 11.7 Å². The molecule has 3 heteroatoms. The average molecular weight is 350 g/mol. The Morgan fingerprint density at radius 3 is 2.16 bits per heavy atom. The molecule has 3 nitrogen and oxygen atoms in total. The maximum atomic E-state index is 11.7. The van der Waals surface area contributed by atoms with Crippen molar-refractivity contribution in [1.82, 2.24) is 5.32 Å². The van der Waals surface area contributed by atoms with E-state index in [0.717, 1.165) is 44.9 Å². The molecule has 0 saturated carbocycles. The molecule has 0 heterocycles. The predicted octanol–water partition coefficient (Wildman–Crippen LogP) is 5.75. The van der Waals surface area contributed by atoms with Gasteiger partial charge in [-0.25, -0.2) is 0 Å². The lowest BCUT2D eigenvalue weighted by molar-refractivity contribution is -0.119. The van der Waals surface area contributed by atoms with E-state index in [1.165, 1.54) is 25.7 Å². The number of carbonyl (C=O) groups excluding carboxylic acids is 2. The molecule has 0 aliphatic rings. The summed E-state index contributed by atoms with van der Waals surface area (Å²) in [6.07, 6.45) is 19.2. The van der Waals surface area contributed by atoms with Gasteiger partial charge in [-0.2, -0.15) is 0 Å². The number of unbranched alkanes of at least 4 members (excludes halogenated alkanes) is 7. The smallest absolute Gasteiger partial charge is 0.243 e. The second-order valence-corrected chi connectivity index (χ2v) is 7.23. The Kier molecular flexibility index (Phi) is 16.5. The van der Waals surface area contributed by atoms with E-state index < -0.39 is 0 Å². The van der Waals surface area contributed by atoms with Crippen LogP contribution < -0.4 is 5.32 Å². The van der Waals surface area contributed by atoms with Crippen LogP contribution in [0.3, 0.4) is 0 Å². The number of hydrogen-bond donors (Lipinski definition) is 1. The number of hydrogen-bond acceptors (Lipinski definition) is 2. The van der Waals surface area contributed by atoms with Gasteiger partial charge in [-0.3, -0.25) is 9.59 Å². The van der Waals surface area contributed by atoms with Crippen molar-refractivity contribution in [3.05, 3.63) is 24.3 Å². The molecule has 0 bridgehead atoms. The Morgan fingerprint density at radius 2 is 1.52 bits per heavy atom. The highest BCUT2D eigenvalue weighted by Crippen LogP contribution is 2.10. The Bertz CT molecular complexity index is 397. The van der Waals surface area contributed by atoms with Gasteiger partial charge in [-0.15, -0.1) is 0 Å². The van der Waals surface area contributed by atoms with Gasteiger partial charge in [0.15, 0.2) is 0 Å². The fraction of sp³-hybridized carbons (Fsp3) is 0.727. The van der Waals surface area contributed by atoms with E-state index in [-0.39, 0.29) is 5.91 Å². The first kappa shape index (κ1) is 23.6. The van der Waals surface area contributed by atoms with E-state index in [2.05, 4.69) is 32.2 Å². The Balaban J connectivity index is 3.45. The maximum absolute atomic E-state index is 11.7. The van der Waals surface area contributed by atoms with Crippen LogP contribution in [0.25, 0.3) is 0 Å². The minimum absolute atomic E-state index is 0.0299. The zero-order valence-electron chi connectivity index (χ0n) is 16.7. The summed E-state index contributed by atoms with van der Waals surface area (Å²) in [5.41, 5.74) is 0. The highest BCUT2D eigenvalue weighted by Gasteiger charge is 2.01. The van der Waals surface area contributed by atoms with E-state index in [1.807, 2.05) is 6.08 Å². The number of rotatable bonds is 16. The third kappa shape index (κ3) is 18.8. The quantitative estimate of drug-likeness (QED) is 0.219. The van der Waals surface area contributed by atoms with Gasteiger partial charge in [-0.1, -0.05) is 71.1 Å². The van der Waals surface area contributed by atoms with Gasteiger partial charge in [0, 0.05) is 25.5 Å². The van der Waals surface area contributed by atoms with Crippen LogP contribution in [0, 0.1) is 5.92 Å². The van der Waals surface area contributed by atoms with Crippen molar-refractivity contribution in [2.24, 2.45) is 5.92 Å². The topological polar surface area (TPSA) is 46.2 Å².